The summed E-state index contributed by atoms with van der Waals surface area (Å²) in [4.78, 5) is 33.6. The molecule has 0 spiro atoms. The zero-order valence-corrected chi connectivity index (χ0v) is 19.9. The van der Waals surface area contributed by atoms with Crippen LogP contribution in [0.1, 0.15) is 58.0 Å². The summed E-state index contributed by atoms with van der Waals surface area (Å²) >= 11 is 0. The van der Waals surface area contributed by atoms with Gasteiger partial charge < -0.3 is 9.64 Å². The van der Waals surface area contributed by atoms with E-state index in [1.165, 1.54) is 0 Å². The fourth-order valence-electron chi connectivity index (χ4n) is 4.02. The number of aromatic nitrogens is 2. The van der Waals surface area contributed by atoms with Gasteiger partial charge in [-0.25, -0.2) is 4.98 Å². The minimum atomic E-state index is -0.385. The lowest BCUT2D eigenvalue weighted by Gasteiger charge is -2.31. The van der Waals surface area contributed by atoms with Crippen molar-refractivity contribution in [3.8, 4) is 11.4 Å². The number of para-hydroxylation sites is 1. The van der Waals surface area contributed by atoms with E-state index in [0.29, 0.717) is 41.1 Å². The third-order valence-corrected chi connectivity index (χ3v) is 5.59. The van der Waals surface area contributed by atoms with Crippen molar-refractivity contribution in [3.63, 3.8) is 0 Å². The Kier molecular flexibility index (Phi) is 7.33. The molecule has 0 aliphatic heterocycles. The van der Waals surface area contributed by atoms with Gasteiger partial charge in [0.15, 0.2) is 0 Å². The summed E-state index contributed by atoms with van der Waals surface area (Å²) in [5, 5.41) is 0.530. The van der Waals surface area contributed by atoms with E-state index in [-0.39, 0.29) is 23.4 Å². The monoisotopic (exact) mass is 435 g/mol. The van der Waals surface area contributed by atoms with Crippen LogP contribution in [0.4, 0.5) is 0 Å². The zero-order valence-electron chi connectivity index (χ0n) is 19.9. The van der Waals surface area contributed by atoms with Gasteiger partial charge >= 0.3 is 0 Å². The second kappa shape index (κ2) is 9.98. The summed E-state index contributed by atoms with van der Waals surface area (Å²) in [5.74, 6) is 1.43. The van der Waals surface area contributed by atoms with Gasteiger partial charge in [-0.05, 0) is 56.0 Å². The number of ether oxygens (including phenoxy) is 1. The van der Waals surface area contributed by atoms with Gasteiger partial charge in [-0.15, -0.1) is 0 Å². The number of hydrogen-bond donors (Lipinski definition) is 0. The van der Waals surface area contributed by atoms with Crippen LogP contribution in [-0.4, -0.2) is 34.0 Å². The molecule has 1 amide bonds. The van der Waals surface area contributed by atoms with Gasteiger partial charge in [0.25, 0.3) is 5.56 Å². The van der Waals surface area contributed by atoms with Crippen molar-refractivity contribution in [2.45, 2.75) is 53.5 Å². The van der Waals surface area contributed by atoms with Gasteiger partial charge in [-0.3, -0.25) is 14.2 Å². The predicted molar refractivity (Wildman–Crippen MR) is 129 cm³/mol. The first-order valence-corrected chi connectivity index (χ1v) is 11.2. The molecule has 2 aromatic carbocycles. The third kappa shape index (κ3) is 4.69. The fourth-order valence-corrected chi connectivity index (χ4v) is 4.02. The third-order valence-electron chi connectivity index (χ3n) is 5.59. The van der Waals surface area contributed by atoms with Crippen molar-refractivity contribution in [2.75, 3.05) is 13.7 Å². The van der Waals surface area contributed by atoms with Crippen molar-refractivity contribution in [1.82, 2.24) is 14.5 Å². The van der Waals surface area contributed by atoms with Gasteiger partial charge in [-0.1, -0.05) is 39.0 Å². The average Bonchev–Trinajstić information content (AvgIpc) is 2.76. The summed E-state index contributed by atoms with van der Waals surface area (Å²) in [5.41, 5.74) is 2.08. The molecule has 1 unspecified atom stereocenters. The summed E-state index contributed by atoms with van der Waals surface area (Å²) in [7, 11) is 1.59. The van der Waals surface area contributed by atoms with Crippen LogP contribution in [0, 0.1) is 12.8 Å². The summed E-state index contributed by atoms with van der Waals surface area (Å²) < 4.78 is 7.21. The zero-order chi connectivity index (χ0) is 23.4. The van der Waals surface area contributed by atoms with Crippen molar-refractivity contribution >= 4 is 16.8 Å². The lowest BCUT2D eigenvalue weighted by atomic mass is 10.1. The highest BCUT2D eigenvalue weighted by atomic mass is 16.5. The Morgan fingerprint density at radius 2 is 1.88 bits per heavy atom. The van der Waals surface area contributed by atoms with Gasteiger partial charge in [0, 0.05) is 13.0 Å². The van der Waals surface area contributed by atoms with Crippen LogP contribution in [-0.2, 0) is 4.79 Å². The van der Waals surface area contributed by atoms with E-state index >= 15 is 0 Å². The molecule has 1 atom stereocenters. The topological polar surface area (TPSA) is 64.4 Å². The average molecular weight is 436 g/mol. The SMILES string of the molecule is CCCN(C(=O)CC(C)C)C(C)c1nc2ccccc2c(=O)n1-c1cc(C)ccc1OC. The molecule has 0 aliphatic rings. The van der Waals surface area contributed by atoms with Gasteiger partial charge in [-0.2, -0.15) is 0 Å². The normalized spacial score (nSPS) is 12.2. The Bertz CT molecular complexity index is 1170. The highest BCUT2D eigenvalue weighted by Crippen LogP contribution is 2.29. The number of aryl methyl sites for hydroxylation is 1. The molecule has 3 rings (SSSR count). The standard InChI is InChI=1S/C26H33N3O3/c1-7-14-28(24(30)15-17(2)3)19(5)25-27-21-11-9-8-10-20(21)26(31)29(25)22-16-18(4)12-13-23(22)32-6/h8-13,16-17,19H,7,14-15H2,1-6H3. The smallest absolute Gasteiger partial charge is 0.266 e. The molecule has 6 heteroatoms. The summed E-state index contributed by atoms with van der Waals surface area (Å²) in [6, 6.07) is 12.7. The number of nitrogens with zero attached hydrogens (tertiary/aromatic N) is 3. The molecule has 0 radical (unpaired) electrons. The number of carbonyl (C=O) groups excluding carboxylic acids is 1. The number of carbonyl (C=O) groups is 1. The number of hydrogen-bond acceptors (Lipinski definition) is 4. The first kappa shape index (κ1) is 23.5. The minimum absolute atomic E-state index is 0.0690. The van der Waals surface area contributed by atoms with Crippen molar-refractivity contribution in [3.05, 3.63) is 64.2 Å². The quantitative estimate of drug-likeness (QED) is 0.497. The van der Waals surface area contributed by atoms with E-state index < -0.39 is 0 Å². The van der Waals surface area contributed by atoms with Gasteiger partial charge in [0.2, 0.25) is 5.91 Å². The Balaban J connectivity index is 2.30. The molecule has 0 N–H and O–H groups in total. The fraction of sp³-hybridized carbons (Fsp3) is 0.423. The molecule has 32 heavy (non-hydrogen) atoms. The van der Waals surface area contributed by atoms with Crippen molar-refractivity contribution < 1.29 is 9.53 Å². The highest BCUT2D eigenvalue weighted by molar-refractivity contribution is 5.79. The molecule has 0 bridgehead atoms. The molecule has 3 aromatic rings. The van der Waals surface area contributed by atoms with E-state index in [2.05, 4.69) is 0 Å². The van der Waals surface area contributed by atoms with E-state index in [1.54, 1.807) is 17.7 Å². The number of fused-ring (bicyclic) bond motifs is 1. The largest absolute Gasteiger partial charge is 0.495 e. The lowest BCUT2D eigenvalue weighted by molar-refractivity contribution is -0.134. The Morgan fingerprint density at radius 1 is 1.16 bits per heavy atom. The first-order chi connectivity index (χ1) is 15.3. The maximum absolute atomic E-state index is 13.7. The second-order valence-corrected chi connectivity index (χ2v) is 8.66. The molecular formula is C26H33N3O3. The minimum Gasteiger partial charge on any atom is -0.495 e. The van der Waals surface area contributed by atoms with Crippen LogP contribution in [0.3, 0.4) is 0 Å². The first-order valence-electron chi connectivity index (χ1n) is 11.2. The number of amides is 1. The van der Waals surface area contributed by atoms with Gasteiger partial charge in [0.05, 0.1) is 29.7 Å². The lowest BCUT2D eigenvalue weighted by Crippen LogP contribution is -2.38. The van der Waals surface area contributed by atoms with Crippen molar-refractivity contribution in [1.29, 1.82) is 0 Å². The van der Waals surface area contributed by atoms with Gasteiger partial charge in [0.1, 0.15) is 11.6 Å². The molecule has 0 saturated heterocycles. The van der Waals surface area contributed by atoms with Crippen molar-refractivity contribution in [2.24, 2.45) is 5.92 Å². The van der Waals surface area contributed by atoms with Crippen LogP contribution in [0.5, 0.6) is 5.75 Å². The Hall–Kier alpha value is -3.15. The number of benzene rings is 2. The number of methoxy groups -OCH3 is 1. The molecular weight excluding hydrogens is 402 g/mol. The van der Waals surface area contributed by atoms with E-state index in [0.717, 1.165) is 12.0 Å². The van der Waals surface area contributed by atoms with Crippen LogP contribution in [0.15, 0.2) is 47.3 Å². The van der Waals surface area contributed by atoms with E-state index in [4.69, 9.17) is 9.72 Å². The summed E-state index contributed by atoms with van der Waals surface area (Å²) in [6.45, 7) is 10.6. The summed E-state index contributed by atoms with van der Waals surface area (Å²) in [6.07, 6.45) is 1.27. The molecule has 0 fully saturated rings. The Labute approximate surface area is 189 Å². The van der Waals surface area contributed by atoms with E-state index in [9.17, 15) is 9.59 Å². The Morgan fingerprint density at radius 3 is 2.53 bits per heavy atom. The maximum Gasteiger partial charge on any atom is 0.266 e. The molecule has 1 heterocycles. The van der Waals surface area contributed by atoms with E-state index in [1.807, 2.05) is 75.9 Å². The van der Waals surface area contributed by atoms with Crippen LogP contribution in [0.2, 0.25) is 0 Å². The van der Waals surface area contributed by atoms with Crippen LogP contribution >= 0.6 is 0 Å². The molecule has 0 aliphatic carbocycles. The molecule has 1 aromatic heterocycles. The molecule has 170 valence electrons. The highest BCUT2D eigenvalue weighted by Gasteiger charge is 2.27. The second-order valence-electron chi connectivity index (χ2n) is 8.66. The van der Waals surface area contributed by atoms with Crippen LogP contribution < -0.4 is 10.3 Å². The number of rotatable bonds is 8. The molecule has 6 nitrogen and oxygen atoms in total. The molecule has 0 saturated carbocycles. The predicted octanol–water partition coefficient (Wildman–Crippen LogP) is 5.05. The maximum atomic E-state index is 13.7. The van der Waals surface area contributed by atoms with Crippen LogP contribution in [0.25, 0.3) is 16.6 Å².